The molecule has 0 atom stereocenters. The van der Waals surface area contributed by atoms with Crippen molar-refractivity contribution in [1.82, 2.24) is 0 Å². The summed E-state index contributed by atoms with van der Waals surface area (Å²) >= 11 is 18.7. The topological polar surface area (TPSA) is 47.9 Å². The van der Waals surface area contributed by atoms with Crippen molar-refractivity contribution >= 4 is 52.6 Å². The normalized spacial score (nSPS) is 15.3. The summed E-state index contributed by atoms with van der Waals surface area (Å²) in [6.45, 7) is 1.92. The van der Waals surface area contributed by atoms with Gasteiger partial charge in [-0.15, -0.1) is 0 Å². The van der Waals surface area contributed by atoms with Gasteiger partial charge in [-0.25, -0.2) is 4.79 Å². The molecule has 2 aromatic carbocycles. The van der Waals surface area contributed by atoms with Crippen LogP contribution in [0.1, 0.15) is 18.1 Å². The Bertz CT molecular complexity index is 883. The second-order valence-electron chi connectivity index (χ2n) is 5.31. The molecule has 0 aliphatic carbocycles. The molecule has 0 spiro atoms. The van der Waals surface area contributed by atoms with E-state index in [4.69, 9.17) is 39.5 Å². The Labute approximate surface area is 159 Å². The molecule has 1 heterocycles. The minimum Gasteiger partial charge on any atom is -0.486 e. The van der Waals surface area contributed by atoms with Crippen LogP contribution in [-0.2, 0) is 16.2 Å². The number of nitrogens with zero attached hydrogens (tertiary/aromatic N) is 1. The largest absolute Gasteiger partial charge is 0.486 e. The van der Waals surface area contributed by atoms with Crippen LogP contribution in [0.25, 0.3) is 6.08 Å². The first-order valence-corrected chi connectivity index (χ1v) is 8.42. The highest BCUT2D eigenvalue weighted by molar-refractivity contribution is 6.37. The molecule has 7 heteroatoms. The molecular weight excluding hydrogens is 385 g/mol. The summed E-state index contributed by atoms with van der Waals surface area (Å²) in [6.07, 6.45) is 1.61. The zero-order valence-electron chi connectivity index (χ0n) is 13.1. The monoisotopic (exact) mass is 395 g/mol. The summed E-state index contributed by atoms with van der Waals surface area (Å²) in [6, 6.07) is 10.7. The van der Waals surface area contributed by atoms with Crippen LogP contribution in [-0.4, -0.2) is 11.7 Å². The second-order valence-corrected chi connectivity index (χ2v) is 6.53. The fraction of sp³-hybridized carbons (Fsp3) is 0.111. The van der Waals surface area contributed by atoms with Gasteiger partial charge in [0.2, 0.25) is 0 Å². The zero-order chi connectivity index (χ0) is 18.0. The van der Waals surface area contributed by atoms with Gasteiger partial charge in [-0.1, -0.05) is 58.2 Å². The fourth-order valence-corrected chi connectivity index (χ4v) is 3.06. The Kier molecular flexibility index (Phi) is 5.33. The van der Waals surface area contributed by atoms with Gasteiger partial charge in [0, 0.05) is 10.6 Å². The number of rotatable bonds is 4. The number of hydrogen-bond acceptors (Lipinski definition) is 4. The number of oxime groups is 1. The van der Waals surface area contributed by atoms with Crippen molar-refractivity contribution in [2.75, 3.05) is 0 Å². The first-order chi connectivity index (χ1) is 12.0. The van der Waals surface area contributed by atoms with Crippen molar-refractivity contribution in [3.05, 3.63) is 68.2 Å². The summed E-state index contributed by atoms with van der Waals surface area (Å²) < 4.78 is 5.72. The first-order valence-electron chi connectivity index (χ1n) is 7.29. The van der Waals surface area contributed by atoms with Crippen LogP contribution < -0.4 is 4.74 Å². The van der Waals surface area contributed by atoms with Gasteiger partial charge in [0.1, 0.15) is 6.61 Å². The number of halogens is 3. The lowest BCUT2D eigenvalue weighted by Gasteiger charge is -2.12. The molecule has 1 aliphatic heterocycles. The van der Waals surface area contributed by atoms with Crippen molar-refractivity contribution in [2.45, 2.75) is 13.5 Å². The molecule has 0 fully saturated rings. The maximum atomic E-state index is 11.6. The molecule has 1 aliphatic rings. The van der Waals surface area contributed by atoms with Crippen LogP contribution in [0, 0.1) is 0 Å². The average Bonchev–Trinajstić information content (AvgIpc) is 2.87. The molecule has 3 rings (SSSR count). The maximum absolute atomic E-state index is 11.6. The van der Waals surface area contributed by atoms with Gasteiger partial charge in [0.25, 0.3) is 0 Å². The van der Waals surface area contributed by atoms with Crippen molar-refractivity contribution < 1.29 is 14.4 Å². The van der Waals surface area contributed by atoms with E-state index < -0.39 is 5.97 Å². The van der Waals surface area contributed by atoms with E-state index in [1.54, 1.807) is 31.2 Å². The van der Waals surface area contributed by atoms with Crippen LogP contribution in [0.3, 0.4) is 0 Å². The third-order valence-electron chi connectivity index (χ3n) is 3.54. The van der Waals surface area contributed by atoms with Crippen LogP contribution in [0.5, 0.6) is 5.75 Å². The molecule has 0 radical (unpaired) electrons. The number of ether oxygens (including phenoxy) is 1. The Morgan fingerprint density at radius 1 is 1.12 bits per heavy atom. The van der Waals surface area contributed by atoms with E-state index >= 15 is 0 Å². The quantitative estimate of drug-likeness (QED) is 0.503. The van der Waals surface area contributed by atoms with Crippen molar-refractivity contribution in [3.8, 4) is 5.75 Å². The molecule has 0 saturated carbocycles. The van der Waals surface area contributed by atoms with Gasteiger partial charge in [0.15, 0.2) is 5.75 Å². The van der Waals surface area contributed by atoms with Crippen LogP contribution in [0.4, 0.5) is 0 Å². The summed E-state index contributed by atoms with van der Waals surface area (Å²) in [5, 5.41) is 4.88. The first kappa shape index (κ1) is 17.8. The third kappa shape index (κ3) is 3.98. The minimum absolute atomic E-state index is 0.234. The van der Waals surface area contributed by atoms with Crippen LogP contribution >= 0.6 is 34.8 Å². The van der Waals surface area contributed by atoms with E-state index in [1.807, 2.05) is 18.2 Å². The van der Waals surface area contributed by atoms with E-state index in [2.05, 4.69) is 9.99 Å². The molecule has 0 amide bonds. The fourth-order valence-electron chi connectivity index (χ4n) is 2.25. The molecule has 25 heavy (non-hydrogen) atoms. The van der Waals surface area contributed by atoms with E-state index in [-0.39, 0.29) is 6.61 Å². The second kappa shape index (κ2) is 7.48. The van der Waals surface area contributed by atoms with Gasteiger partial charge in [0.05, 0.1) is 21.3 Å². The van der Waals surface area contributed by atoms with Crippen molar-refractivity contribution in [3.63, 3.8) is 0 Å². The third-order valence-corrected chi connectivity index (χ3v) is 4.47. The van der Waals surface area contributed by atoms with E-state index in [9.17, 15) is 4.79 Å². The number of carbonyl (C=O) groups is 1. The van der Waals surface area contributed by atoms with Crippen LogP contribution in [0.15, 0.2) is 47.1 Å². The Morgan fingerprint density at radius 3 is 2.40 bits per heavy atom. The van der Waals surface area contributed by atoms with Gasteiger partial charge < -0.3 is 9.57 Å². The Balaban J connectivity index is 1.84. The summed E-state index contributed by atoms with van der Waals surface area (Å²) in [5.41, 5.74) is 2.32. The number of benzene rings is 2. The van der Waals surface area contributed by atoms with E-state index in [0.29, 0.717) is 37.7 Å². The number of carbonyl (C=O) groups excluding carboxylic acids is 1. The SMILES string of the molecule is CC1=NOC(=O)/C1=C\c1cc(Cl)c(OCc2ccccc2Cl)c(Cl)c1. The van der Waals surface area contributed by atoms with Gasteiger partial charge in [-0.05, 0) is 36.8 Å². The highest BCUT2D eigenvalue weighted by atomic mass is 35.5. The molecule has 128 valence electrons. The molecule has 0 bridgehead atoms. The molecule has 0 saturated heterocycles. The minimum atomic E-state index is -0.510. The lowest BCUT2D eigenvalue weighted by molar-refractivity contribution is -0.136. The van der Waals surface area contributed by atoms with Gasteiger partial charge in [-0.2, -0.15) is 0 Å². The highest BCUT2D eigenvalue weighted by Crippen LogP contribution is 2.36. The molecule has 2 aromatic rings. The van der Waals surface area contributed by atoms with Gasteiger partial charge in [-0.3, -0.25) is 0 Å². The predicted molar refractivity (Wildman–Crippen MR) is 99.4 cm³/mol. The van der Waals surface area contributed by atoms with Gasteiger partial charge >= 0.3 is 5.97 Å². The predicted octanol–water partition coefficient (Wildman–Crippen LogP) is 5.54. The number of hydrogen-bond donors (Lipinski definition) is 0. The maximum Gasteiger partial charge on any atom is 0.367 e. The van der Waals surface area contributed by atoms with E-state index in [1.165, 1.54) is 0 Å². The lowest BCUT2D eigenvalue weighted by Crippen LogP contribution is -2.02. The Morgan fingerprint density at radius 2 is 1.80 bits per heavy atom. The standard InChI is InChI=1S/C18H12Cl3NO3/c1-10-13(18(23)25-22-10)6-11-7-15(20)17(16(21)8-11)24-9-12-4-2-3-5-14(12)19/h2-8H,9H2,1H3/b13-6-. The summed E-state index contributed by atoms with van der Waals surface area (Å²) in [4.78, 5) is 16.2. The molecular formula is C18H12Cl3NO3. The average molecular weight is 397 g/mol. The molecule has 0 unspecified atom stereocenters. The molecule has 0 aromatic heterocycles. The summed E-state index contributed by atoms with van der Waals surface area (Å²) in [5.74, 6) is -0.159. The Hall–Kier alpha value is -2.01. The smallest absolute Gasteiger partial charge is 0.367 e. The van der Waals surface area contributed by atoms with Crippen molar-refractivity contribution in [1.29, 1.82) is 0 Å². The zero-order valence-corrected chi connectivity index (χ0v) is 15.3. The molecule has 4 nitrogen and oxygen atoms in total. The van der Waals surface area contributed by atoms with Crippen molar-refractivity contribution in [2.24, 2.45) is 5.16 Å². The lowest BCUT2D eigenvalue weighted by atomic mass is 10.1. The highest BCUT2D eigenvalue weighted by Gasteiger charge is 2.22. The van der Waals surface area contributed by atoms with E-state index in [0.717, 1.165) is 5.56 Å². The molecule has 0 N–H and O–H groups in total. The van der Waals surface area contributed by atoms with Crippen LogP contribution in [0.2, 0.25) is 15.1 Å². The summed E-state index contributed by atoms with van der Waals surface area (Å²) in [7, 11) is 0.